The highest BCUT2D eigenvalue weighted by atomic mass is 19.1. The lowest BCUT2D eigenvalue weighted by Crippen LogP contribution is -2.13. The summed E-state index contributed by atoms with van der Waals surface area (Å²) in [5.74, 6) is -0.324. The van der Waals surface area contributed by atoms with Crippen molar-refractivity contribution in [3.05, 3.63) is 54.1 Å². The van der Waals surface area contributed by atoms with Gasteiger partial charge >= 0.3 is 0 Å². The Morgan fingerprint density at radius 3 is 2.68 bits per heavy atom. The van der Waals surface area contributed by atoms with Crippen molar-refractivity contribution in [3.8, 4) is 11.3 Å². The molecule has 0 aliphatic rings. The number of anilines is 1. The van der Waals surface area contributed by atoms with E-state index >= 15 is 0 Å². The number of imidazole rings is 1. The molecular formula is C19H21FN4O. The van der Waals surface area contributed by atoms with Gasteiger partial charge in [0, 0.05) is 18.2 Å². The molecule has 2 heterocycles. The van der Waals surface area contributed by atoms with Crippen LogP contribution in [0.1, 0.15) is 25.5 Å². The number of nitrogens with one attached hydrogen (secondary N) is 1. The molecule has 0 bridgehead atoms. The number of benzene rings is 1. The maximum Gasteiger partial charge on any atom is 0.224 e. The molecule has 6 heteroatoms. The van der Waals surface area contributed by atoms with Gasteiger partial charge in [0.05, 0.1) is 17.1 Å². The molecule has 1 aromatic carbocycles. The fourth-order valence-corrected chi connectivity index (χ4v) is 2.83. The predicted octanol–water partition coefficient (Wildman–Crippen LogP) is 3.38. The lowest BCUT2D eigenvalue weighted by Gasteiger charge is -2.07. The van der Waals surface area contributed by atoms with Gasteiger partial charge in [0.25, 0.3) is 0 Å². The van der Waals surface area contributed by atoms with Crippen molar-refractivity contribution in [1.82, 2.24) is 9.38 Å². The van der Waals surface area contributed by atoms with Crippen molar-refractivity contribution in [2.24, 2.45) is 5.73 Å². The third-order valence-electron chi connectivity index (χ3n) is 4.06. The Bertz CT molecular complexity index is 886. The van der Waals surface area contributed by atoms with Crippen LogP contribution in [0, 0.1) is 5.82 Å². The Morgan fingerprint density at radius 2 is 2.00 bits per heavy atom. The second-order valence-electron chi connectivity index (χ2n) is 5.85. The molecule has 0 unspecified atom stereocenters. The van der Waals surface area contributed by atoms with E-state index in [2.05, 4.69) is 10.3 Å². The van der Waals surface area contributed by atoms with Crippen LogP contribution in [-0.2, 0) is 11.2 Å². The van der Waals surface area contributed by atoms with E-state index in [9.17, 15) is 9.18 Å². The van der Waals surface area contributed by atoms with Crippen LogP contribution in [0.2, 0.25) is 0 Å². The molecular weight excluding hydrogens is 319 g/mol. The summed E-state index contributed by atoms with van der Waals surface area (Å²) in [6.45, 7) is 2.54. The molecule has 0 saturated carbocycles. The Labute approximate surface area is 145 Å². The third-order valence-corrected chi connectivity index (χ3v) is 4.06. The van der Waals surface area contributed by atoms with Gasteiger partial charge in [-0.25, -0.2) is 9.37 Å². The van der Waals surface area contributed by atoms with Gasteiger partial charge in [-0.2, -0.15) is 0 Å². The second-order valence-corrected chi connectivity index (χ2v) is 5.85. The van der Waals surface area contributed by atoms with Crippen LogP contribution in [0.15, 0.2) is 42.6 Å². The minimum absolute atomic E-state index is 0.0540. The van der Waals surface area contributed by atoms with Gasteiger partial charge < -0.3 is 15.5 Å². The Morgan fingerprint density at radius 1 is 1.24 bits per heavy atom. The number of carbonyl (C=O) groups is 1. The lowest BCUT2D eigenvalue weighted by atomic mass is 10.1. The number of halogens is 1. The number of nitrogens with zero attached hydrogens (tertiary/aromatic N) is 2. The van der Waals surface area contributed by atoms with Crippen molar-refractivity contribution in [2.45, 2.75) is 26.2 Å². The number of aromatic nitrogens is 2. The molecule has 3 aromatic rings. The molecule has 0 aliphatic heterocycles. The fourth-order valence-electron chi connectivity index (χ4n) is 2.83. The maximum atomic E-state index is 13.2. The molecule has 2 aromatic heterocycles. The van der Waals surface area contributed by atoms with Crippen molar-refractivity contribution in [1.29, 1.82) is 0 Å². The number of rotatable bonds is 6. The molecule has 3 N–H and O–H groups in total. The SMILES string of the molecule is CCc1c(-c2ccc(F)cc2)nc2ccc(NC(=O)CCCN)cn12. The topological polar surface area (TPSA) is 72.4 Å². The van der Waals surface area contributed by atoms with Crippen molar-refractivity contribution in [2.75, 3.05) is 11.9 Å². The van der Waals surface area contributed by atoms with E-state index in [-0.39, 0.29) is 11.7 Å². The largest absolute Gasteiger partial charge is 0.330 e. The first-order chi connectivity index (χ1) is 12.1. The number of nitrogens with two attached hydrogens (primary N) is 1. The molecule has 0 radical (unpaired) electrons. The first-order valence-electron chi connectivity index (χ1n) is 8.39. The van der Waals surface area contributed by atoms with E-state index in [4.69, 9.17) is 5.73 Å². The number of carbonyl (C=O) groups excluding carboxylic acids is 1. The van der Waals surface area contributed by atoms with Gasteiger partial charge in [0.2, 0.25) is 5.91 Å². The van der Waals surface area contributed by atoms with Crippen LogP contribution < -0.4 is 11.1 Å². The molecule has 1 amide bonds. The van der Waals surface area contributed by atoms with Gasteiger partial charge in [0.15, 0.2) is 0 Å². The number of pyridine rings is 1. The summed E-state index contributed by atoms with van der Waals surface area (Å²) in [4.78, 5) is 16.6. The zero-order chi connectivity index (χ0) is 17.8. The molecule has 130 valence electrons. The van der Waals surface area contributed by atoms with E-state index in [0.29, 0.717) is 25.1 Å². The summed E-state index contributed by atoms with van der Waals surface area (Å²) in [6.07, 6.45) is 3.70. The van der Waals surface area contributed by atoms with Crippen molar-refractivity contribution < 1.29 is 9.18 Å². The summed E-state index contributed by atoms with van der Waals surface area (Å²) in [7, 11) is 0. The summed E-state index contributed by atoms with van der Waals surface area (Å²) >= 11 is 0. The van der Waals surface area contributed by atoms with E-state index in [1.54, 1.807) is 12.1 Å². The Kier molecular flexibility index (Phi) is 5.09. The maximum absolute atomic E-state index is 13.2. The molecule has 0 aliphatic carbocycles. The minimum Gasteiger partial charge on any atom is -0.330 e. The average Bonchev–Trinajstić information content (AvgIpc) is 2.98. The van der Waals surface area contributed by atoms with Gasteiger partial charge in [-0.3, -0.25) is 4.79 Å². The fraction of sp³-hybridized carbons (Fsp3) is 0.263. The molecule has 0 spiro atoms. The number of hydrogen-bond acceptors (Lipinski definition) is 3. The van der Waals surface area contributed by atoms with Crippen LogP contribution >= 0.6 is 0 Å². The average molecular weight is 340 g/mol. The zero-order valence-corrected chi connectivity index (χ0v) is 14.1. The first kappa shape index (κ1) is 17.1. The summed E-state index contributed by atoms with van der Waals surface area (Å²) in [6, 6.07) is 10.0. The van der Waals surface area contributed by atoms with Crippen molar-refractivity contribution in [3.63, 3.8) is 0 Å². The molecule has 0 saturated heterocycles. The van der Waals surface area contributed by atoms with Gasteiger partial charge in [-0.1, -0.05) is 6.92 Å². The van der Waals surface area contributed by atoms with Crippen LogP contribution in [0.25, 0.3) is 16.9 Å². The minimum atomic E-state index is -0.270. The van der Waals surface area contributed by atoms with Gasteiger partial charge in [-0.05, 0) is 55.8 Å². The highest BCUT2D eigenvalue weighted by molar-refractivity contribution is 5.90. The van der Waals surface area contributed by atoms with Crippen LogP contribution in [0.5, 0.6) is 0 Å². The van der Waals surface area contributed by atoms with Crippen LogP contribution in [0.3, 0.4) is 0 Å². The number of hydrogen-bond donors (Lipinski definition) is 2. The number of amides is 1. The van der Waals surface area contributed by atoms with E-state index in [0.717, 1.165) is 29.0 Å². The van der Waals surface area contributed by atoms with Crippen molar-refractivity contribution >= 4 is 17.2 Å². The second kappa shape index (κ2) is 7.44. The summed E-state index contributed by atoms with van der Waals surface area (Å²) in [5, 5.41) is 2.88. The monoisotopic (exact) mass is 340 g/mol. The quantitative estimate of drug-likeness (QED) is 0.722. The zero-order valence-electron chi connectivity index (χ0n) is 14.1. The normalized spacial score (nSPS) is 11.0. The van der Waals surface area contributed by atoms with E-state index < -0.39 is 0 Å². The first-order valence-corrected chi connectivity index (χ1v) is 8.39. The van der Waals surface area contributed by atoms with Crippen LogP contribution in [0.4, 0.5) is 10.1 Å². The smallest absolute Gasteiger partial charge is 0.224 e. The predicted molar refractivity (Wildman–Crippen MR) is 96.9 cm³/mol. The third kappa shape index (κ3) is 3.69. The number of fused-ring (bicyclic) bond motifs is 1. The lowest BCUT2D eigenvalue weighted by molar-refractivity contribution is -0.116. The van der Waals surface area contributed by atoms with Gasteiger partial charge in [-0.15, -0.1) is 0 Å². The molecule has 0 fully saturated rings. The Hall–Kier alpha value is -2.73. The van der Waals surface area contributed by atoms with E-state index in [1.165, 1.54) is 12.1 Å². The summed E-state index contributed by atoms with van der Waals surface area (Å²) < 4.78 is 15.1. The molecule has 5 nitrogen and oxygen atoms in total. The highest BCUT2D eigenvalue weighted by Crippen LogP contribution is 2.26. The molecule has 3 rings (SSSR count). The standard InChI is InChI=1S/C19H21FN4O/c1-2-16-19(13-5-7-14(20)8-6-13)23-17-10-9-15(12-24(16)17)22-18(25)4-3-11-21/h5-10,12H,2-4,11,21H2,1H3,(H,22,25). The summed E-state index contributed by atoms with van der Waals surface area (Å²) in [5.41, 5.74) is 9.65. The van der Waals surface area contributed by atoms with Gasteiger partial charge in [0.1, 0.15) is 11.5 Å². The molecule has 0 atom stereocenters. The van der Waals surface area contributed by atoms with Crippen LogP contribution in [-0.4, -0.2) is 21.8 Å². The Balaban J connectivity index is 1.96. The molecule has 25 heavy (non-hydrogen) atoms. The number of aryl methyl sites for hydroxylation is 1. The highest BCUT2D eigenvalue weighted by Gasteiger charge is 2.13. The van der Waals surface area contributed by atoms with E-state index in [1.807, 2.05) is 29.7 Å².